The van der Waals surface area contributed by atoms with E-state index in [1.807, 2.05) is 19.1 Å². The van der Waals surface area contributed by atoms with Gasteiger partial charge in [-0.15, -0.1) is 0 Å². The highest BCUT2D eigenvalue weighted by atomic mass is 32.2. The first-order valence-corrected chi connectivity index (χ1v) is 12.5. The van der Waals surface area contributed by atoms with Crippen molar-refractivity contribution >= 4 is 39.8 Å². The Balaban J connectivity index is 1.57. The number of amides is 1. The van der Waals surface area contributed by atoms with Crippen LogP contribution in [0.4, 0.5) is 0 Å². The lowest BCUT2D eigenvalue weighted by Gasteiger charge is -2.20. The lowest BCUT2D eigenvalue weighted by atomic mass is 10.1. The number of rotatable bonds is 8. The molecule has 33 heavy (non-hydrogen) atoms. The molecule has 0 saturated heterocycles. The molecular weight excluding hydrogens is 430 g/mol. The van der Waals surface area contributed by atoms with E-state index >= 15 is 0 Å². The van der Waals surface area contributed by atoms with Crippen LogP contribution in [0.2, 0.25) is 0 Å². The minimum atomic E-state index is -0.376. The number of aromatic nitrogens is 1. The van der Waals surface area contributed by atoms with Gasteiger partial charge in [-0.25, -0.2) is 0 Å². The second-order valence-corrected chi connectivity index (χ2v) is 9.67. The van der Waals surface area contributed by atoms with Crippen molar-refractivity contribution in [3.8, 4) is 5.69 Å². The summed E-state index contributed by atoms with van der Waals surface area (Å²) < 4.78 is 2.19. The van der Waals surface area contributed by atoms with Crippen LogP contribution >= 0.6 is 11.8 Å². The van der Waals surface area contributed by atoms with Gasteiger partial charge in [-0.1, -0.05) is 50.8 Å². The van der Waals surface area contributed by atoms with Crippen LogP contribution in [0.25, 0.3) is 11.8 Å². The zero-order valence-electron chi connectivity index (χ0n) is 19.8. The first-order chi connectivity index (χ1) is 15.9. The van der Waals surface area contributed by atoms with Gasteiger partial charge in [0, 0.05) is 17.1 Å². The van der Waals surface area contributed by atoms with Gasteiger partial charge in [0.15, 0.2) is 5.84 Å². The number of benzene rings is 1. The predicted octanol–water partition coefficient (Wildman–Crippen LogP) is 6.38. The van der Waals surface area contributed by atoms with E-state index in [9.17, 15) is 4.79 Å². The molecule has 0 bridgehead atoms. The van der Waals surface area contributed by atoms with Crippen molar-refractivity contribution in [1.82, 2.24) is 9.58 Å². The van der Waals surface area contributed by atoms with Gasteiger partial charge in [-0.3, -0.25) is 10.2 Å². The number of hydrogen-bond donors (Lipinski definition) is 1. The van der Waals surface area contributed by atoms with E-state index in [1.54, 1.807) is 6.08 Å². The number of para-hydroxylation sites is 1. The number of thioether (sulfide) groups is 1. The maximum atomic E-state index is 12.8. The number of nitrogens with zero attached hydrogens (tertiary/aromatic N) is 4. The number of carbonyl (C=O) groups is 1. The highest BCUT2D eigenvalue weighted by Crippen LogP contribution is 2.31. The molecule has 1 N–H and O–H groups in total. The molecule has 2 aromatic rings. The van der Waals surface area contributed by atoms with Gasteiger partial charge < -0.3 is 4.57 Å². The normalized spacial score (nSPS) is 17.0. The monoisotopic (exact) mass is 461 g/mol. The van der Waals surface area contributed by atoms with Crippen LogP contribution in [0.15, 0.2) is 46.0 Å². The smallest absolute Gasteiger partial charge is 0.283 e. The lowest BCUT2D eigenvalue weighted by Crippen LogP contribution is -2.35. The van der Waals surface area contributed by atoms with Crippen molar-refractivity contribution in [2.75, 3.05) is 0 Å². The van der Waals surface area contributed by atoms with Crippen molar-refractivity contribution in [1.29, 1.82) is 5.41 Å². The van der Waals surface area contributed by atoms with Gasteiger partial charge >= 0.3 is 0 Å². The molecular formula is C26H31N5OS. The average Bonchev–Trinajstić information content (AvgIpc) is 3.31. The molecule has 0 atom stereocenters. The zero-order chi connectivity index (χ0) is 23.5. The minimum absolute atomic E-state index is 0.0965. The fraction of sp³-hybridized carbons (Fsp3) is 0.385. The molecule has 3 heterocycles. The molecule has 4 rings (SSSR count). The molecule has 7 heteroatoms. The Labute approximate surface area is 200 Å². The van der Waals surface area contributed by atoms with Crippen LogP contribution in [0.5, 0.6) is 0 Å². The zero-order valence-corrected chi connectivity index (χ0v) is 20.6. The van der Waals surface area contributed by atoms with Gasteiger partial charge in [-0.2, -0.15) is 15.1 Å². The fourth-order valence-electron chi connectivity index (χ4n) is 4.29. The average molecular weight is 462 g/mol. The van der Waals surface area contributed by atoms with Crippen molar-refractivity contribution in [3.05, 3.63) is 58.4 Å². The number of nitrogens with one attached hydrogen (secondary N) is 1. The van der Waals surface area contributed by atoms with E-state index in [2.05, 4.69) is 53.6 Å². The van der Waals surface area contributed by atoms with Crippen LogP contribution in [-0.4, -0.2) is 31.5 Å². The Morgan fingerprint density at radius 1 is 1.09 bits per heavy atom. The topological polar surface area (TPSA) is 73.8 Å². The number of aliphatic imine (C=N–C) groups is 1. The summed E-state index contributed by atoms with van der Waals surface area (Å²) in [4.78, 5) is 17.1. The van der Waals surface area contributed by atoms with E-state index in [0.717, 1.165) is 40.5 Å². The number of amidine groups is 2. The number of hydrazone groups is 1. The standard InChI is InChI=1S/C26H31N5OS/c1-5-6-7-8-9-14-23-29-31-24(27)21(25(32)28-26(31)33-23)16-20-15-18(3)30(19(20)4)22-13-11-10-12-17(22)2/h10-13,15-16,27H,5-9,14H2,1-4H3/b21-16-,27-24?. The molecule has 0 aliphatic carbocycles. The summed E-state index contributed by atoms with van der Waals surface area (Å²) in [5, 5.41) is 16.2. The van der Waals surface area contributed by atoms with Gasteiger partial charge in [0.1, 0.15) is 5.04 Å². The van der Waals surface area contributed by atoms with Crippen LogP contribution in [0, 0.1) is 26.2 Å². The van der Waals surface area contributed by atoms with Crippen LogP contribution in [0.3, 0.4) is 0 Å². The second-order valence-electron chi connectivity index (χ2n) is 8.63. The van der Waals surface area contributed by atoms with E-state index in [1.165, 1.54) is 48.0 Å². The molecule has 0 radical (unpaired) electrons. The maximum absolute atomic E-state index is 12.8. The molecule has 0 fully saturated rings. The van der Waals surface area contributed by atoms with E-state index in [4.69, 9.17) is 5.41 Å². The highest BCUT2D eigenvalue weighted by Gasteiger charge is 2.35. The summed E-state index contributed by atoms with van der Waals surface area (Å²) in [7, 11) is 0. The first kappa shape index (κ1) is 23.2. The van der Waals surface area contributed by atoms with Crippen LogP contribution < -0.4 is 0 Å². The highest BCUT2D eigenvalue weighted by molar-refractivity contribution is 8.26. The van der Waals surface area contributed by atoms with Crippen molar-refractivity contribution in [2.24, 2.45) is 10.1 Å². The molecule has 1 amide bonds. The molecule has 172 valence electrons. The van der Waals surface area contributed by atoms with Gasteiger partial charge in [0.05, 0.1) is 5.57 Å². The third-order valence-electron chi connectivity index (χ3n) is 6.12. The lowest BCUT2D eigenvalue weighted by molar-refractivity contribution is -0.114. The molecule has 0 unspecified atom stereocenters. The summed E-state index contributed by atoms with van der Waals surface area (Å²) in [6.45, 7) is 8.40. The Kier molecular flexibility index (Phi) is 6.98. The molecule has 0 saturated carbocycles. The fourth-order valence-corrected chi connectivity index (χ4v) is 5.21. The van der Waals surface area contributed by atoms with Crippen molar-refractivity contribution in [3.63, 3.8) is 0 Å². The van der Waals surface area contributed by atoms with Crippen LogP contribution in [-0.2, 0) is 4.79 Å². The van der Waals surface area contributed by atoms with Crippen LogP contribution in [0.1, 0.15) is 68.0 Å². The molecule has 0 spiro atoms. The van der Waals surface area contributed by atoms with Gasteiger partial charge in [0.2, 0.25) is 5.17 Å². The van der Waals surface area contributed by atoms with Gasteiger partial charge in [-0.05, 0) is 74.7 Å². The van der Waals surface area contributed by atoms with E-state index in [0.29, 0.717) is 5.17 Å². The largest absolute Gasteiger partial charge is 0.318 e. The number of unbranched alkanes of at least 4 members (excludes halogenated alkanes) is 4. The van der Waals surface area contributed by atoms with E-state index < -0.39 is 0 Å². The van der Waals surface area contributed by atoms with Crippen molar-refractivity contribution in [2.45, 2.75) is 66.2 Å². The second kappa shape index (κ2) is 9.91. The van der Waals surface area contributed by atoms with E-state index in [-0.39, 0.29) is 17.3 Å². The molecule has 6 nitrogen and oxygen atoms in total. The maximum Gasteiger partial charge on any atom is 0.283 e. The SMILES string of the molecule is CCCCCCCC1=NN2C(=N)/C(=C/c3cc(C)n(-c4ccccc4C)c3C)C(=O)N=C2S1. The third-order valence-corrected chi connectivity index (χ3v) is 7.09. The Morgan fingerprint density at radius 2 is 1.85 bits per heavy atom. The Hall–Kier alpha value is -2.93. The summed E-state index contributed by atoms with van der Waals surface area (Å²) in [5.41, 5.74) is 5.59. The number of hydrogen-bond acceptors (Lipinski definition) is 4. The van der Waals surface area contributed by atoms with Crippen molar-refractivity contribution < 1.29 is 4.79 Å². The summed E-state index contributed by atoms with van der Waals surface area (Å²) >= 11 is 1.42. The summed E-state index contributed by atoms with van der Waals surface area (Å²) in [6.07, 6.45) is 8.62. The summed E-state index contributed by atoms with van der Waals surface area (Å²) in [5.74, 6) is -0.280. The Morgan fingerprint density at radius 3 is 2.61 bits per heavy atom. The first-order valence-electron chi connectivity index (χ1n) is 11.6. The Bertz CT molecular complexity index is 1190. The summed E-state index contributed by atoms with van der Waals surface area (Å²) in [6, 6.07) is 10.3. The number of fused-ring (bicyclic) bond motifs is 1. The molecule has 1 aromatic heterocycles. The number of aryl methyl sites for hydroxylation is 2. The predicted molar refractivity (Wildman–Crippen MR) is 138 cm³/mol. The molecule has 2 aliphatic heterocycles. The molecule has 1 aromatic carbocycles. The third kappa shape index (κ3) is 4.74. The number of carbonyl (C=O) groups excluding carboxylic acids is 1. The quantitative estimate of drug-likeness (QED) is 0.366. The molecule has 2 aliphatic rings. The minimum Gasteiger partial charge on any atom is -0.318 e. The van der Waals surface area contributed by atoms with Gasteiger partial charge in [0.25, 0.3) is 5.91 Å².